The SMILES string of the molecule is CCCc1cccc(OCC2CN(c3ccccc3)C(=O)O2)c1. The number of carbonyl (C=O) groups excluding carboxylic acids is 1. The van der Waals surface area contributed by atoms with Crippen molar-refractivity contribution in [3.05, 3.63) is 60.2 Å². The van der Waals surface area contributed by atoms with Gasteiger partial charge in [0, 0.05) is 5.69 Å². The standard InChI is InChI=1S/C19H21NO3/c1-2-7-15-8-6-11-17(12-15)22-14-18-13-20(19(21)23-18)16-9-4-3-5-10-16/h3-6,8-12,18H,2,7,13-14H2,1H3. The Kier molecular flexibility index (Phi) is 4.81. The molecule has 0 saturated carbocycles. The smallest absolute Gasteiger partial charge is 0.414 e. The molecule has 0 N–H and O–H groups in total. The van der Waals surface area contributed by atoms with Crippen molar-refractivity contribution in [1.82, 2.24) is 0 Å². The van der Waals surface area contributed by atoms with Crippen LogP contribution in [0.3, 0.4) is 0 Å². The number of para-hydroxylation sites is 1. The molecular formula is C19H21NO3. The van der Waals surface area contributed by atoms with Crippen LogP contribution in [0, 0.1) is 0 Å². The molecule has 120 valence electrons. The topological polar surface area (TPSA) is 38.8 Å². The Morgan fingerprint density at radius 2 is 2.00 bits per heavy atom. The molecule has 2 aromatic rings. The molecule has 3 rings (SSSR count). The highest BCUT2D eigenvalue weighted by atomic mass is 16.6. The molecule has 1 amide bonds. The van der Waals surface area contributed by atoms with Crippen molar-refractivity contribution in [1.29, 1.82) is 0 Å². The second-order valence-electron chi connectivity index (χ2n) is 5.66. The summed E-state index contributed by atoms with van der Waals surface area (Å²) in [4.78, 5) is 13.6. The van der Waals surface area contributed by atoms with E-state index in [-0.39, 0.29) is 12.2 Å². The lowest BCUT2D eigenvalue weighted by Gasteiger charge is -2.13. The van der Waals surface area contributed by atoms with Gasteiger partial charge in [-0.25, -0.2) is 4.79 Å². The zero-order chi connectivity index (χ0) is 16.1. The zero-order valence-electron chi connectivity index (χ0n) is 13.3. The minimum Gasteiger partial charge on any atom is -0.490 e. The number of amides is 1. The molecule has 1 aliphatic rings. The number of rotatable bonds is 6. The van der Waals surface area contributed by atoms with Crippen LogP contribution in [0.25, 0.3) is 0 Å². The van der Waals surface area contributed by atoms with Crippen LogP contribution >= 0.6 is 0 Å². The highest BCUT2D eigenvalue weighted by Gasteiger charge is 2.32. The Balaban J connectivity index is 1.58. The maximum absolute atomic E-state index is 12.0. The Morgan fingerprint density at radius 1 is 1.17 bits per heavy atom. The van der Waals surface area contributed by atoms with Gasteiger partial charge in [-0.1, -0.05) is 43.7 Å². The first-order valence-electron chi connectivity index (χ1n) is 8.01. The zero-order valence-corrected chi connectivity index (χ0v) is 13.3. The van der Waals surface area contributed by atoms with E-state index >= 15 is 0 Å². The van der Waals surface area contributed by atoms with Gasteiger partial charge in [0.05, 0.1) is 6.54 Å². The monoisotopic (exact) mass is 311 g/mol. The number of aryl methyl sites for hydroxylation is 1. The fourth-order valence-corrected chi connectivity index (χ4v) is 2.70. The normalized spacial score (nSPS) is 17.2. The summed E-state index contributed by atoms with van der Waals surface area (Å²) in [6.07, 6.45) is 1.58. The first-order chi connectivity index (χ1) is 11.3. The molecule has 1 heterocycles. The van der Waals surface area contributed by atoms with Gasteiger partial charge in [-0.3, -0.25) is 4.90 Å². The van der Waals surface area contributed by atoms with E-state index in [0.717, 1.165) is 24.3 Å². The van der Waals surface area contributed by atoms with E-state index in [9.17, 15) is 4.79 Å². The molecule has 1 aliphatic heterocycles. The molecule has 1 unspecified atom stereocenters. The number of anilines is 1. The number of ether oxygens (including phenoxy) is 2. The van der Waals surface area contributed by atoms with Crippen molar-refractivity contribution < 1.29 is 14.3 Å². The van der Waals surface area contributed by atoms with Crippen molar-refractivity contribution in [3.63, 3.8) is 0 Å². The highest BCUT2D eigenvalue weighted by molar-refractivity contribution is 5.89. The molecule has 23 heavy (non-hydrogen) atoms. The molecule has 1 saturated heterocycles. The molecule has 0 radical (unpaired) electrons. The van der Waals surface area contributed by atoms with Crippen molar-refractivity contribution >= 4 is 11.8 Å². The van der Waals surface area contributed by atoms with Gasteiger partial charge in [0.1, 0.15) is 12.4 Å². The first kappa shape index (κ1) is 15.4. The van der Waals surface area contributed by atoms with Gasteiger partial charge < -0.3 is 9.47 Å². The number of hydrogen-bond donors (Lipinski definition) is 0. The van der Waals surface area contributed by atoms with Crippen molar-refractivity contribution in [2.24, 2.45) is 0 Å². The van der Waals surface area contributed by atoms with Crippen LogP contribution in [-0.4, -0.2) is 25.3 Å². The van der Waals surface area contributed by atoms with E-state index in [4.69, 9.17) is 9.47 Å². The van der Waals surface area contributed by atoms with Gasteiger partial charge in [0.25, 0.3) is 0 Å². The highest BCUT2D eigenvalue weighted by Crippen LogP contribution is 2.22. The third-order valence-electron chi connectivity index (χ3n) is 3.81. The van der Waals surface area contributed by atoms with Crippen LogP contribution < -0.4 is 9.64 Å². The van der Waals surface area contributed by atoms with Crippen molar-refractivity contribution in [2.45, 2.75) is 25.9 Å². The molecule has 4 heteroatoms. The summed E-state index contributed by atoms with van der Waals surface area (Å²) in [7, 11) is 0. The second kappa shape index (κ2) is 7.18. The predicted octanol–water partition coefficient (Wildman–Crippen LogP) is 4.04. The average molecular weight is 311 g/mol. The summed E-state index contributed by atoms with van der Waals surface area (Å²) in [6, 6.07) is 17.6. The van der Waals surface area contributed by atoms with Gasteiger partial charge in [0.15, 0.2) is 6.10 Å². The molecule has 0 aromatic heterocycles. The quantitative estimate of drug-likeness (QED) is 0.808. The maximum atomic E-state index is 12.0. The summed E-state index contributed by atoms with van der Waals surface area (Å²) in [6.45, 7) is 3.03. The van der Waals surface area contributed by atoms with Crippen LogP contribution in [0.4, 0.5) is 10.5 Å². The van der Waals surface area contributed by atoms with Crippen molar-refractivity contribution in [2.75, 3.05) is 18.1 Å². The van der Waals surface area contributed by atoms with Gasteiger partial charge >= 0.3 is 6.09 Å². The van der Waals surface area contributed by atoms with E-state index in [1.54, 1.807) is 4.90 Å². The van der Waals surface area contributed by atoms with E-state index in [1.165, 1.54) is 5.56 Å². The summed E-state index contributed by atoms with van der Waals surface area (Å²) in [5.74, 6) is 0.824. The third kappa shape index (κ3) is 3.83. The molecule has 1 atom stereocenters. The fraction of sp³-hybridized carbons (Fsp3) is 0.316. The van der Waals surface area contributed by atoms with Gasteiger partial charge in [-0.05, 0) is 36.2 Å². The average Bonchev–Trinajstić information content (AvgIpc) is 2.95. The number of nitrogens with zero attached hydrogens (tertiary/aromatic N) is 1. The summed E-state index contributed by atoms with van der Waals surface area (Å²) < 4.78 is 11.2. The van der Waals surface area contributed by atoms with Crippen LogP contribution in [0.15, 0.2) is 54.6 Å². The van der Waals surface area contributed by atoms with Crippen LogP contribution in [0.5, 0.6) is 5.75 Å². The minimum absolute atomic E-state index is 0.252. The summed E-state index contributed by atoms with van der Waals surface area (Å²) in [5, 5.41) is 0. The Bertz CT molecular complexity index is 657. The lowest BCUT2D eigenvalue weighted by molar-refractivity contribution is 0.105. The molecule has 2 aromatic carbocycles. The van der Waals surface area contributed by atoms with Crippen LogP contribution in [-0.2, 0) is 11.2 Å². The van der Waals surface area contributed by atoms with Crippen LogP contribution in [0.1, 0.15) is 18.9 Å². The Labute approximate surface area is 136 Å². The molecular weight excluding hydrogens is 290 g/mol. The first-order valence-corrected chi connectivity index (χ1v) is 8.01. The molecule has 0 bridgehead atoms. The molecule has 0 aliphatic carbocycles. The fourth-order valence-electron chi connectivity index (χ4n) is 2.70. The molecule has 0 spiro atoms. The number of carbonyl (C=O) groups is 1. The maximum Gasteiger partial charge on any atom is 0.414 e. The third-order valence-corrected chi connectivity index (χ3v) is 3.81. The predicted molar refractivity (Wildman–Crippen MR) is 90.0 cm³/mol. The minimum atomic E-state index is -0.315. The Morgan fingerprint density at radius 3 is 2.78 bits per heavy atom. The van der Waals surface area contributed by atoms with E-state index in [0.29, 0.717) is 13.2 Å². The summed E-state index contributed by atoms with van der Waals surface area (Å²) in [5.41, 5.74) is 2.12. The van der Waals surface area contributed by atoms with Gasteiger partial charge in [0.2, 0.25) is 0 Å². The van der Waals surface area contributed by atoms with E-state index < -0.39 is 0 Å². The lowest BCUT2D eigenvalue weighted by atomic mass is 10.1. The summed E-state index contributed by atoms with van der Waals surface area (Å²) >= 11 is 0. The van der Waals surface area contributed by atoms with E-state index in [1.807, 2.05) is 42.5 Å². The van der Waals surface area contributed by atoms with Gasteiger partial charge in [-0.15, -0.1) is 0 Å². The lowest BCUT2D eigenvalue weighted by Crippen LogP contribution is -2.26. The molecule has 4 nitrogen and oxygen atoms in total. The Hall–Kier alpha value is -2.49. The second-order valence-corrected chi connectivity index (χ2v) is 5.66. The number of cyclic esters (lactones) is 1. The van der Waals surface area contributed by atoms with Crippen LogP contribution in [0.2, 0.25) is 0 Å². The largest absolute Gasteiger partial charge is 0.490 e. The van der Waals surface area contributed by atoms with Gasteiger partial charge in [-0.2, -0.15) is 0 Å². The van der Waals surface area contributed by atoms with E-state index in [2.05, 4.69) is 19.1 Å². The molecule has 1 fully saturated rings. The number of hydrogen-bond acceptors (Lipinski definition) is 3. The van der Waals surface area contributed by atoms with Crippen molar-refractivity contribution in [3.8, 4) is 5.75 Å². The number of benzene rings is 2.